The van der Waals surface area contributed by atoms with Gasteiger partial charge < -0.3 is 15.5 Å². The van der Waals surface area contributed by atoms with Crippen LogP contribution in [0.25, 0.3) is 0 Å². The van der Waals surface area contributed by atoms with Crippen molar-refractivity contribution < 1.29 is 4.79 Å². The van der Waals surface area contributed by atoms with Crippen LogP contribution >= 0.6 is 11.8 Å². The number of amides is 1. The summed E-state index contributed by atoms with van der Waals surface area (Å²) in [6.07, 6.45) is 2.82. The minimum Gasteiger partial charge on any atom is -0.353 e. The molecule has 0 aliphatic carbocycles. The molecule has 0 bridgehead atoms. The molecule has 2 saturated heterocycles. The first-order chi connectivity index (χ1) is 9.15. The Hall–Kier alpha value is -0.260. The highest BCUT2D eigenvalue weighted by Crippen LogP contribution is 2.14. The third kappa shape index (κ3) is 4.97. The van der Waals surface area contributed by atoms with E-state index in [1.165, 1.54) is 5.75 Å². The van der Waals surface area contributed by atoms with Crippen LogP contribution in [0.1, 0.15) is 33.1 Å². The van der Waals surface area contributed by atoms with Gasteiger partial charge in [0.2, 0.25) is 5.91 Å². The molecule has 4 nitrogen and oxygen atoms in total. The highest BCUT2D eigenvalue weighted by atomic mass is 32.2. The molecular formula is C14H27N3OS. The first-order valence-electron chi connectivity index (χ1n) is 7.49. The van der Waals surface area contributed by atoms with E-state index >= 15 is 0 Å². The normalized spacial score (nSPS) is 26.6. The van der Waals surface area contributed by atoms with Crippen molar-refractivity contribution in [3.8, 4) is 0 Å². The fraction of sp³-hybridized carbons (Fsp3) is 0.929. The lowest BCUT2D eigenvalue weighted by atomic mass is 10.0. The summed E-state index contributed by atoms with van der Waals surface area (Å²) in [6, 6.07) is 1.38. The Morgan fingerprint density at radius 1 is 1.42 bits per heavy atom. The highest BCUT2D eigenvalue weighted by Gasteiger charge is 2.23. The van der Waals surface area contributed by atoms with Gasteiger partial charge >= 0.3 is 0 Å². The Bertz CT molecular complexity index is 284. The average Bonchev–Trinajstić information content (AvgIpc) is 2.40. The molecule has 110 valence electrons. The van der Waals surface area contributed by atoms with Gasteiger partial charge in [0.05, 0.1) is 0 Å². The van der Waals surface area contributed by atoms with Crippen molar-refractivity contribution in [1.29, 1.82) is 0 Å². The lowest BCUT2D eigenvalue weighted by Crippen LogP contribution is -2.48. The second kappa shape index (κ2) is 7.50. The van der Waals surface area contributed by atoms with E-state index in [1.54, 1.807) is 0 Å². The van der Waals surface area contributed by atoms with Crippen LogP contribution in [0.2, 0.25) is 0 Å². The van der Waals surface area contributed by atoms with Crippen molar-refractivity contribution in [2.24, 2.45) is 0 Å². The summed E-state index contributed by atoms with van der Waals surface area (Å²) in [5.41, 5.74) is 0. The van der Waals surface area contributed by atoms with Crippen molar-refractivity contribution >= 4 is 17.7 Å². The van der Waals surface area contributed by atoms with Crippen LogP contribution in [0.3, 0.4) is 0 Å². The van der Waals surface area contributed by atoms with Crippen LogP contribution in [0.15, 0.2) is 0 Å². The van der Waals surface area contributed by atoms with Gasteiger partial charge in [-0.15, -0.1) is 0 Å². The topological polar surface area (TPSA) is 44.4 Å². The first-order valence-corrected chi connectivity index (χ1v) is 8.65. The Balaban J connectivity index is 1.65. The van der Waals surface area contributed by atoms with Crippen LogP contribution < -0.4 is 10.6 Å². The molecule has 0 aromatic heterocycles. The highest BCUT2D eigenvalue weighted by molar-refractivity contribution is 7.99. The van der Waals surface area contributed by atoms with Gasteiger partial charge in [-0.3, -0.25) is 4.79 Å². The number of rotatable bonds is 4. The molecule has 2 N–H and O–H groups in total. The number of hydrogen-bond donors (Lipinski definition) is 2. The van der Waals surface area contributed by atoms with Crippen molar-refractivity contribution in [3.05, 3.63) is 0 Å². The van der Waals surface area contributed by atoms with Gasteiger partial charge in [-0.05, 0) is 26.7 Å². The zero-order valence-electron chi connectivity index (χ0n) is 12.2. The Morgan fingerprint density at radius 2 is 2.16 bits per heavy atom. The van der Waals surface area contributed by atoms with Crippen LogP contribution in [0.5, 0.6) is 0 Å². The second-order valence-electron chi connectivity index (χ2n) is 5.90. The molecule has 0 saturated carbocycles. The third-order valence-corrected chi connectivity index (χ3v) is 5.19. The van der Waals surface area contributed by atoms with E-state index in [4.69, 9.17) is 0 Å². The van der Waals surface area contributed by atoms with Crippen LogP contribution in [-0.4, -0.2) is 60.1 Å². The van der Waals surface area contributed by atoms with Crippen molar-refractivity contribution in [2.45, 2.75) is 51.2 Å². The predicted molar refractivity (Wildman–Crippen MR) is 81.6 cm³/mol. The average molecular weight is 285 g/mol. The molecule has 2 heterocycles. The third-order valence-electron chi connectivity index (χ3n) is 4.06. The summed E-state index contributed by atoms with van der Waals surface area (Å²) in [7, 11) is 0. The van der Waals surface area contributed by atoms with Crippen LogP contribution in [0.4, 0.5) is 0 Å². The minimum absolute atomic E-state index is 0.225. The van der Waals surface area contributed by atoms with Crippen molar-refractivity contribution in [3.63, 3.8) is 0 Å². The van der Waals surface area contributed by atoms with Gasteiger partial charge in [0.1, 0.15) is 0 Å². The molecule has 2 aliphatic heterocycles. The molecule has 19 heavy (non-hydrogen) atoms. The van der Waals surface area contributed by atoms with E-state index in [0.717, 1.165) is 38.2 Å². The molecule has 1 unspecified atom stereocenters. The van der Waals surface area contributed by atoms with E-state index in [-0.39, 0.29) is 5.91 Å². The molecule has 1 atom stereocenters. The van der Waals surface area contributed by atoms with E-state index in [9.17, 15) is 4.79 Å². The fourth-order valence-corrected chi connectivity index (χ4v) is 3.77. The summed E-state index contributed by atoms with van der Waals surface area (Å²) in [6.45, 7) is 7.74. The number of hydrogen-bond acceptors (Lipinski definition) is 4. The largest absolute Gasteiger partial charge is 0.353 e. The summed E-state index contributed by atoms with van der Waals surface area (Å²) < 4.78 is 0. The molecule has 2 rings (SSSR count). The summed E-state index contributed by atoms with van der Waals surface area (Å²) in [4.78, 5) is 14.5. The van der Waals surface area contributed by atoms with E-state index < -0.39 is 0 Å². The molecule has 0 radical (unpaired) electrons. The number of carbonyl (C=O) groups excluding carboxylic acids is 1. The minimum atomic E-state index is 0.225. The van der Waals surface area contributed by atoms with Crippen LogP contribution in [0, 0.1) is 0 Å². The summed E-state index contributed by atoms with van der Waals surface area (Å²) in [5, 5.41) is 6.63. The van der Waals surface area contributed by atoms with E-state index in [1.807, 2.05) is 11.8 Å². The van der Waals surface area contributed by atoms with Gasteiger partial charge in [0.15, 0.2) is 0 Å². The van der Waals surface area contributed by atoms with Gasteiger partial charge in [-0.2, -0.15) is 11.8 Å². The number of thioether (sulfide) groups is 1. The first kappa shape index (κ1) is 15.1. The standard InChI is InChI=1S/C14H27N3OS/c1-11(2)17-6-3-12(4-7-17)16-14(18)9-13-10-19-8-5-15-13/h11-13,15H,3-10H2,1-2H3,(H,16,18). The number of carbonyl (C=O) groups is 1. The Labute approximate surface area is 121 Å². The van der Waals surface area contributed by atoms with Gasteiger partial charge in [-0.25, -0.2) is 0 Å². The SMILES string of the molecule is CC(C)N1CCC(NC(=O)CC2CSCCN2)CC1. The maximum absolute atomic E-state index is 12.0. The van der Waals surface area contributed by atoms with Crippen LogP contribution in [-0.2, 0) is 4.79 Å². The lowest BCUT2D eigenvalue weighted by molar-refractivity contribution is -0.122. The zero-order valence-corrected chi connectivity index (χ0v) is 13.0. The van der Waals surface area contributed by atoms with Crippen molar-refractivity contribution in [1.82, 2.24) is 15.5 Å². The molecule has 0 spiro atoms. The Kier molecular flexibility index (Phi) is 5.98. The second-order valence-corrected chi connectivity index (χ2v) is 7.05. The van der Waals surface area contributed by atoms with Gasteiger partial charge in [0, 0.05) is 55.7 Å². The molecule has 2 fully saturated rings. The molecular weight excluding hydrogens is 258 g/mol. The molecule has 5 heteroatoms. The van der Waals surface area contributed by atoms with Gasteiger partial charge in [-0.1, -0.05) is 0 Å². The predicted octanol–water partition coefficient (Wildman–Crippen LogP) is 1.07. The summed E-state index contributed by atoms with van der Waals surface area (Å²) in [5.74, 6) is 2.47. The maximum atomic E-state index is 12.0. The Morgan fingerprint density at radius 3 is 2.74 bits per heavy atom. The number of nitrogens with one attached hydrogen (secondary N) is 2. The molecule has 2 aliphatic rings. The smallest absolute Gasteiger partial charge is 0.221 e. The van der Waals surface area contributed by atoms with Crippen molar-refractivity contribution in [2.75, 3.05) is 31.1 Å². The number of nitrogens with zero attached hydrogens (tertiary/aromatic N) is 1. The quantitative estimate of drug-likeness (QED) is 0.811. The molecule has 0 aromatic carbocycles. The monoisotopic (exact) mass is 285 g/mol. The van der Waals surface area contributed by atoms with E-state index in [0.29, 0.717) is 24.5 Å². The zero-order chi connectivity index (χ0) is 13.7. The fourth-order valence-electron chi connectivity index (χ4n) is 2.82. The maximum Gasteiger partial charge on any atom is 0.221 e. The molecule has 0 aromatic rings. The number of piperidine rings is 1. The number of likely N-dealkylation sites (tertiary alicyclic amines) is 1. The molecule has 1 amide bonds. The van der Waals surface area contributed by atoms with E-state index in [2.05, 4.69) is 29.4 Å². The lowest BCUT2D eigenvalue weighted by Gasteiger charge is -2.35. The summed E-state index contributed by atoms with van der Waals surface area (Å²) >= 11 is 1.95. The van der Waals surface area contributed by atoms with Gasteiger partial charge in [0.25, 0.3) is 0 Å².